The number of anilines is 1. The molecule has 0 aliphatic carbocycles. The van der Waals surface area contributed by atoms with Crippen LogP contribution in [0.4, 0.5) is 5.00 Å². The third-order valence-corrected chi connectivity index (χ3v) is 2.60. The van der Waals surface area contributed by atoms with Gasteiger partial charge in [0.15, 0.2) is 0 Å². The highest BCUT2D eigenvalue weighted by Gasteiger charge is 2.16. The van der Waals surface area contributed by atoms with E-state index < -0.39 is 5.54 Å². The van der Waals surface area contributed by atoms with Crippen LogP contribution in [-0.2, 0) is 4.79 Å². The summed E-state index contributed by atoms with van der Waals surface area (Å²) in [6.07, 6.45) is 0.294. The van der Waals surface area contributed by atoms with Crippen molar-refractivity contribution >= 4 is 33.8 Å². The van der Waals surface area contributed by atoms with E-state index in [1.165, 1.54) is 11.3 Å². The summed E-state index contributed by atoms with van der Waals surface area (Å²) in [6.45, 7) is 3.63. The molecule has 0 unspecified atom stereocenters. The normalized spacial score (nSPS) is 11.4. The highest BCUT2D eigenvalue weighted by molar-refractivity contribution is 7.20. The number of carbonyl (C=O) groups is 1. The number of hydrogen-bond donors (Lipinski definition) is 2. The first kappa shape index (κ1) is 11.5. The van der Waals surface area contributed by atoms with Crippen LogP contribution in [0.15, 0.2) is 12.1 Å². The van der Waals surface area contributed by atoms with Gasteiger partial charge in [-0.15, -0.1) is 11.3 Å². The molecule has 0 spiro atoms. The smallest absolute Gasteiger partial charge is 0.226 e. The molecule has 78 valence electrons. The second-order valence-electron chi connectivity index (χ2n) is 3.82. The molecule has 0 atom stereocenters. The van der Waals surface area contributed by atoms with Crippen molar-refractivity contribution in [1.82, 2.24) is 0 Å². The molecule has 1 heterocycles. The highest BCUT2D eigenvalue weighted by atomic mass is 35.5. The number of rotatable bonds is 3. The van der Waals surface area contributed by atoms with Crippen LogP contribution in [0.5, 0.6) is 0 Å². The van der Waals surface area contributed by atoms with Gasteiger partial charge in [-0.2, -0.15) is 0 Å². The summed E-state index contributed by atoms with van der Waals surface area (Å²) in [7, 11) is 0. The zero-order valence-corrected chi connectivity index (χ0v) is 9.71. The minimum atomic E-state index is -0.481. The maximum absolute atomic E-state index is 11.4. The summed E-state index contributed by atoms with van der Waals surface area (Å²) in [5.74, 6) is -0.0870. The molecule has 1 rings (SSSR count). The molecule has 0 bridgehead atoms. The Morgan fingerprint density at radius 3 is 2.71 bits per heavy atom. The average Bonchev–Trinajstić information content (AvgIpc) is 2.30. The predicted octanol–water partition coefficient (Wildman–Crippen LogP) is 2.47. The van der Waals surface area contributed by atoms with Crippen molar-refractivity contribution in [2.75, 3.05) is 5.32 Å². The summed E-state index contributed by atoms with van der Waals surface area (Å²) >= 11 is 7.05. The van der Waals surface area contributed by atoms with Crippen LogP contribution in [0.25, 0.3) is 0 Å². The molecule has 1 aromatic heterocycles. The summed E-state index contributed by atoms with van der Waals surface area (Å²) in [5, 5.41) is 3.49. The van der Waals surface area contributed by atoms with Crippen molar-refractivity contribution in [2.24, 2.45) is 5.73 Å². The quantitative estimate of drug-likeness (QED) is 0.841. The Labute approximate surface area is 92.3 Å². The van der Waals surface area contributed by atoms with Gasteiger partial charge in [0.05, 0.1) is 9.34 Å². The number of hydrogen-bond acceptors (Lipinski definition) is 3. The fourth-order valence-electron chi connectivity index (χ4n) is 0.977. The van der Waals surface area contributed by atoms with E-state index in [0.717, 1.165) is 5.00 Å². The lowest BCUT2D eigenvalue weighted by molar-refractivity contribution is -0.117. The zero-order valence-electron chi connectivity index (χ0n) is 8.13. The highest BCUT2D eigenvalue weighted by Crippen LogP contribution is 2.26. The van der Waals surface area contributed by atoms with Crippen LogP contribution in [0.1, 0.15) is 20.3 Å². The Kier molecular flexibility index (Phi) is 3.53. The molecule has 1 amide bonds. The maximum Gasteiger partial charge on any atom is 0.226 e. The molecule has 14 heavy (non-hydrogen) atoms. The lowest BCUT2D eigenvalue weighted by Crippen LogP contribution is -2.36. The van der Waals surface area contributed by atoms with E-state index in [4.69, 9.17) is 17.3 Å². The topological polar surface area (TPSA) is 55.1 Å². The number of halogens is 1. The number of nitrogens with one attached hydrogen (secondary N) is 1. The molecule has 3 N–H and O–H groups in total. The molecule has 0 aromatic carbocycles. The molecule has 1 aromatic rings. The molecule has 5 heteroatoms. The predicted molar refractivity (Wildman–Crippen MR) is 60.8 cm³/mol. The lowest BCUT2D eigenvalue weighted by atomic mass is 10.0. The monoisotopic (exact) mass is 232 g/mol. The van der Waals surface area contributed by atoms with Crippen LogP contribution in [-0.4, -0.2) is 11.4 Å². The van der Waals surface area contributed by atoms with Crippen LogP contribution in [0, 0.1) is 0 Å². The van der Waals surface area contributed by atoms with Crippen molar-refractivity contribution in [3.05, 3.63) is 16.5 Å². The summed E-state index contributed by atoms with van der Waals surface area (Å²) < 4.78 is 0.660. The molecular weight excluding hydrogens is 220 g/mol. The fraction of sp³-hybridized carbons (Fsp3) is 0.444. The molecule has 3 nitrogen and oxygen atoms in total. The SMILES string of the molecule is CC(C)(N)CC(=O)Nc1ccc(Cl)s1. The van der Waals surface area contributed by atoms with Crippen molar-refractivity contribution in [2.45, 2.75) is 25.8 Å². The summed E-state index contributed by atoms with van der Waals surface area (Å²) in [6, 6.07) is 3.52. The van der Waals surface area contributed by atoms with Gasteiger partial charge >= 0.3 is 0 Å². The van der Waals surface area contributed by atoms with E-state index in [1.54, 1.807) is 12.1 Å². The number of thiophene rings is 1. The van der Waals surface area contributed by atoms with E-state index in [9.17, 15) is 4.79 Å². The Bertz CT molecular complexity index is 330. The van der Waals surface area contributed by atoms with Gasteiger partial charge in [-0.1, -0.05) is 11.6 Å². The van der Waals surface area contributed by atoms with Crippen LogP contribution < -0.4 is 11.1 Å². The van der Waals surface area contributed by atoms with Gasteiger partial charge in [0.2, 0.25) is 5.91 Å². The molecule has 0 saturated heterocycles. The minimum absolute atomic E-state index is 0.0870. The van der Waals surface area contributed by atoms with Gasteiger partial charge in [-0.05, 0) is 26.0 Å². The van der Waals surface area contributed by atoms with Crippen molar-refractivity contribution in [3.8, 4) is 0 Å². The molecule has 0 aliphatic rings. The molecular formula is C9H13ClN2OS. The van der Waals surface area contributed by atoms with Crippen molar-refractivity contribution in [1.29, 1.82) is 0 Å². The zero-order chi connectivity index (χ0) is 10.8. The first-order valence-electron chi connectivity index (χ1n) is 4.21. The Balaban J connectivity index is 2.50. The number of amides is 1. The minimum Gasteiger partial charge on any atom is -0.325 e. The van der Waals surface area contributed by atoms with Crippen molar-refractivity contribution < 1.29 is 4.79 Å². The van der Waals surface area contributed by atoms with E-state index >= 15 is 0 Å². The molecule has 0 radical (unpaired) electrons. The van der Waals surface area contributed by atoms with Gasteiger partial charge in [-0.25, -0.2) is 0 Å². The molecule has 0 saturated carbocycles. The van der Waals surface area contributed by atoms with Crippen molar-refractivity contribution in [3.63, 3.8) is 0 Å². The van der Waals surface area contributed by atoms with E-state index in [1.807, 2.05) is 13.8 Å². The largest absolute Gasteiger partial charge is 0.325 e. The number of carbonyl (C=O) groups excluding carboxylic acids is 1. The van der Waals surface area contributed by atoms with E-state index in [2.05, 4.69) is 5.32 Å². The maximum atomic E-state index is 11.4. The van der Waals surface area contributed by atoms with E-state index in [0.29, 0.717) is 10.8 Å². The first-order valence-corrected chi connectivity index (χ1v) is 5.40. The van der Waals surface area contributed by atoms with Gasteiger partial charge in [-0.3, -0.25) is 4.79 Å². The standard InChI is InChI=1S/C9H13ClN2OS/c1-9(2,11)5-7(13)12-8-4-3-6(10)14-8/h3-4H,5,11H2,1-2H3,(H,12,13). The first-order chi connectivity index (χ1) is 6.37. The molecule has 0 fully saturated rings. The molecule has 0 aliphatic heterocycles. The summed E-state index contributed by atoms with van der Waals surface area (Å²) in [5.41, 5.74) is 5.23. The van der Waals surface area contributed by atoms with Crippen LogP contribution >= 0.6 is 22.9 Å². The van der Waals surface area contributed by atoms with Gasteiger partial charge in [0.1, 0.15) is 0 Å². The third kappa shape index (κ3) is 4.09. The average molecular weight is 233 g/mol. The van der Waals surface area contributed by atoms with E-state index in [-0.39, 0.29) is 5.91 Å². The Morgan fingerprint density at radius 1 is 1.64 bits per heavy atom. The lowest BCUT2D eigenvalue weighted by Gasteiger charge is -2.16. The van der Waals surface area contributed by atoms with Crippen LogP contribution in [0.3, 0.4) is 0 Å². The Hall–Kier alpha value is -0.580. The summed E-state index contributed by atoms with van der Waals surface area (Å²) in [4.78, 5) is 11.4. The van der Waals surface area contributed by atoms with Gasteiger partial charge in [0, 0.05) is 12.0 Å². The number of nitrogens with two attached hydrogens (primary N) is 1. The third-order valence-electron chi connectivity index (χ3n) is 1.45. The second-order valence-corrected chi connectivity index (χ2v) is 5.53. The van der Waals surface area contributed by atoms with Gasteiger partial charge < -0.3 is 11.1 Å². The second kappa shape index (κ2) is 4.29. The Morgan fingerprint density at radius 2 is 2.29 bits per heavy atom. The van der Waals surface area contributed by atoms with Crippen LogP contribution in [0.2, 0.25) is 4.34 Å². The van der Waals surface area contributed by atoms with Gasteiger partial charge in [0.25, 0.3) is 0 Å². The fourth-order valence-corrected chi connectivity index (χ4v) is 1.94.